The summed E-state index contributed by atoms with van der Waals surface area (Å²) in [5, 5.41) is 12.0. The zero-order valence-corrected chi connectivity index (χ0v) is 28.0. The molecular weight excluding hydrogens is 630 g/mol. The summed E-state index contributed by atoms with van der Waals surface area (Å²) in [5.41, 5.74) is 3.84. The lowest BCUT2D eigenvalue weighted by atomic mass is 9.96. The Bertz CT molecular complexity index is 1970. The van der Waals surface area contributed by atoms with E-state index in [-0.39, 0.29) is 29.2 Å². The van der Waals surface area contributed by atoms with Crippen LogP contribution in [0.2, 0.25) is 0 Å². The number of hydrogen-bond acceptors (Lipinski definition) is 7. The van der Waals surface area contributed by atoms with Gasteiger partial charge in [0.2, 0.25) is 5.95 Å². The number of benzene rings is 3. The van der Waals surface area contributed by atoms with Crippen LogP contribution in [0.4, 0.5) is 16.0 Å². The zero-order chi connectivity index (χ0) is 33.7. The predicted octanol–water partition coefficient (Wildman–Crippen LogP) is 7.10. The molecule has 0 bridgehead atoms. The summed E-state index contributed by atoms with van der Waals surface area (Å²) in [4.78, 5) is 22.2. The van der Waals surface area contributed by atoms with Crippen molar-refractivity contribution in [3.63, 3.8) is 0 Å². The average molecular weight is 670 g/mol. The minimum absolute atomic E-state index is 0.129. The van der Waals surface area contributed by atoms with E-state index in [1.54, 1.807) is 60.7 Å². The Labute approximate surface area is 280 Å². The molecule has 10 nitrogen and oxygen atoms in total. The van der Waals surface area contributed by atoms with Gasteiger partial charge in [0.1, 0.15) is 11.5 Å². The molecule has 5 aromatic rings. The normalized spacial score (nSPS) is 13.8. The average Bonchev–Trinajstić information content (AvgIpc) is 3.50. The summed E-state index contributed by atoms with van der Waals surface area (Å²) in [6.07, 6.45) is 9.54. The maximum absolute atomic E-state index is 13.6. The van der Waals surface area contributed by atoms with Crippen LogP contribution in [0.1, 0.15) is 73.8 Å². The molecule has 1 fully saturated rings. The lowest BCUT2D eigenvalue weighted by Gasteiger charge is -2.22. The van der Waals surface area contributed by atoms with E-state index >= 15 is 0 Å². The van der Waals surface area contributed by atoms with E-state index in [9.17, 15) is 17.6 Å². The number of unbranched alkanes of at least 4 members (excludes halogenated alkanes) is 1. The van der Waals surface area contributed by atoms with E-state index in [1.807, 2.05) is 10.9 Å². The van der Waals surface area contributed by atoms with Crippen LogP contribution in [-0.2, 0) is 16.6 Å². The molecule has 1 aliphatic carbocycles. The van der Waals surface area contributed by atoms with Gasteiger partial charge in [-0.15, -0.1) is 0 Å². The second-order valence-electron chi connectivity index (χ2n) is 12.1. The SMILES string of the molecule is CCCCNc1ncc2c(-c3ccc(S(=O)(=O)N(C)c4ccc(C(=O)NCc5ccc(F)cc5)cc4)cc3)nn(C3CCCCC3)c2n1. The molecule has 0 unspecified atom stereocenters. The van der Waals surface area contributed by atoms with Gasteiger partial charge in [0.25, 0.3) is 15.9 Å². The number of fused-ring (bicyclic) bond motifs is 1. The van der Waals surface area contributed by atoms with Gasteiger partial charge in [0, 0.05) is 37.5 Å². The van der Waals surface area contributed by atoms with E-state index in [2.05, 4.69) is 22.5 Å². The molecular formula is C36H40FN7O3S. The number of halogens is 1. The van der Waals surface area contributed by atoms with Crippen LogP contribution in [0.25, 0.3) is 22.3 Å². The number of rotatable bonds is 12. The number of aromatic nitrogens is 4. The standard InChI is InChI=1S/C36H40FN7O3S/c1-3-4-22-38-36-40-24-32-33(42-44(34(32)41-36)30-8-6-5-7-9-30)26-14-20-31(21-15-26)48(46,47)43(2)29-18-12-27(13-19-29)35(45)39-23-25-10-16-28(37)17-11-25/h10-21,24,30H,3-9,22-23H2,1-2H3,(H,39,45)(H,38,40,41). The Kier molecular flexibility index (Phi) is 10.00. The van der Waals surface area contributed by atoms with Gasteiger partial charge in [0.05, 0.1) is 22.0 Å². The van der Waals surface area contributed by atoms with Crippen molar-refractivity contribution in [2.45, 2.75) is 69.4 Å². The first kappa shape index (κ1) is 33.1. The molecule has 2 heterocycles. The van der Waals surface area contributed by atoms with Crippen LogP contribution in [-0.4, -0.2) is 47.7 Å². The van der Waals surface area contributed by atoms with Gasteiger partial charge in [-0.05, 0) is 73.4 Å². The van der Waals surface area contributed by atoms with Gasteiger partial charge in [-0.1, -0.05) is 56.9 Å². The summed E-state index contributed by atoms with van der Waals surface area (Å²) >= 11 is 0. The van der Waals surface area contributed by atoms with Gasteiger partial charge in [0.15, 0.2) is 5.65 Å². The molecule has 0 atom stereocenters. The Morgan fingerprint density at radius 3 is 2.38 bits per heavy atom. The van der Waals surface area contributed by atoms with Crippen molar-refractivity contribution in [1.29, 1.82) is 0 Å². The maximum atomic E-state index is 13.6. The Balaban J connectivity index is 1.19. The van der Waals surface area contributed by atoms with Gasteiger partial charge in [-0.3, -0.25) is 9.10 Å². The Hall–Kier alpha value is -4.84. The first-order chi connectivity index (χ1) is 23.2. The molecule has 3 aromatic carbocycles. The zero-order valence-electron chi connectivity index (χ0n) is 27.2. The molecule has 0 aliphatic heterocycles. The molecule has 0 spiro atoms. The van der Waals surface area contributed by atoms with Gasteiger partial charge >= 0.3 is 0 Å². The fraction of sp³-hybridized carbons (Fsp3) is 0.333. The minimum Gasteiger partial charge on any atom is -0.354 e. The second-order valence-corrected chi connectivity index (χ2v) is 14.1. The van der Waals surface area contributed by atoms with Gasteiger partial charge < -0.3 is 10.6 Å². The van der Waals surface area contributed by atoms with E-state index in [4.69, 9.17) is 10.1 Å². The number of nitrogens with one attached hydrogen (secondary N) is 2. The van der Waals surface area contributed by atoms with Crippen molar-refractivity contribution in [3.05, 3.63) is 95.9 Å². The molecule has 2 aromatic heterocycles. The molecule has 1 amide bonds. The summed E-state index contributed by atoms with van der Waals surface area (Å²) in [5.74, 6) is -0.0761. The maximum Gasteiger partial charge on any atom is 0.264 e. The number of carbonyl (C=O) groups is 1. The monoisotopic (exact) mass is 669 g/mol. The first-order valence-electron chi connectivity index (χ1n) is 16.5. The predicted molar refractivity (Wildman–Crippen MR) is 186 cm³/mol. The van der Waals surface area contributed by atoms with Crippen molar-refractivity contribution in [3.8, 4) is 11.3 Å². The number of amides is 1. The third-order valence-electron chi connectivity index (χ3n) is 8.83. The summed E-state index contributed by atoms with van der Waals surface area (Å²) in [7, 11) is -2.42. The van der Waals surface area contributed by atoms with Gasteiger partial charge in [-0.25, -0.2) is 22.5 Å². The highest BCUT2D eigenvalue weighted by Crippen LogP contribution is 2.35. The van der Waals surface area contributed by atoms with Crippen molar-refractivity contribution in [2.24, 2.45) is 0 Å². The highest BCUT2D eigenvalue weighted by Gasteiger charge is 2.25. The van der Waals surface area contributed by atoms with Crippen molar-refractivity contribution >= 4 is 38.6 Å². The summed E-state index contributed by atoms with van der Waals surface area (Å²) in [6, 6.07) is 19.2. The molecule has 1 saturated carbocycles. The highest BCUT2D eigenvalue weighted by molar-refractivity contribution is 7.92. The Morgan fingerprint density at radius 2 is 1.69 bits per heavy atom. The van der Waals surface area contributed by atoms with Crippen LogP contribution < -0.4 is 14.9 Å². The quantitative estimate of drug-likeness (QED) is 0.136. The number of sulfonamides is 1. The van der Waals surface area contributed by atoms with Crippen molar-refractivity contribution in [2.75, 3.05) is 23.2 Å². The molecule has 0 radical (unpaired) electrons. The van der Waals surface area contributed by atoms with Crippen molar-refractivity contribution in [1.82, 2.24) is 25.1 Å². The third kappa shape index (κ3) is 7.18. The molecule has 250 valence electrons. The number of anilines is 2. The second kappa shape index (κ2) is 14.5. The van der Waals surface area contributed by atoms with E-state index in [0.29, 0.717) is 17.2 Å². The smallest absolute Gasteiger partial charge is 0.264 e. The molecule has 0 saturated heterocycles. The number of hydrogen-bond donors (Lipinski definition) is 2. The van der Waals surface area contributed by atoms with E-state index in [1.165, 1.54) is 29.9 Å². The number of carbonyl (C=O) groups excluding carboxylic acids is 1. The van der Waals surface area contributed by atoms with Crippen LogP contribution in [0, 0.1) is 5.82 Å². The van der Waals surface area contributed by atoms with Crippen LogP contribution in [0.15, 0.2) is 83.9 Å². The highest BCUT2D eigenvalue weighted by atomic mass is 32.2. The largest absolute Gasteiger partial charge is 0.354 e. The first-order valence-corrected chi connectivity index (χ1v) is 17.9. The minimum atomic E-state index is -3.90. The van der Waals surface area contributed by atoms with Crippen molar-refractivity contribution < 1.29 is 17.6 Å². The molecule has 1 aliphatic rings. The molecule has 48 heavy (non-hydrogen) atoms. The van der Waals surface area contributed by atoms with Gasteiger partial charge in [-0.2, -0.15) is 10.1 Å². The third-order valence-corrected chi connectivity index (χ3v) is 10.6. The van der Waals surface area contributed by atoms with Crippen LogP contribution >= 0.6 is 0 Å². The molecule has 6 rings (SSSR count). The summed E-state index contributed by atoms with van der Waals surface area (Å²) < 4.78 is 43.6. The van der Waals surface area contributed by atoms with Crippen LogP contribution in [0.3, 0.4) is 0 Å². The summed E-state index contributed by atoms with van der Waals surface area (Å²) in [6.45, 7) is 3.19. The molecule has 2 N–H and O–H groups in total. The fourth-order valence-electron chi connectivity index (χ4n) is 5.97. The van der Waals surface area contributed by atoms with E-state index < -0.39 is 10.0 Å². The number of nitrogens with zero attached hydrogens (tertiary/aromatic N) is 5. The van der Waals surface area contributed by atoms with Crippen LogP contribution in [0.5, 0.6) is 0 Å². The fourth-order valence-corrected chi connectivity index (χ4v) is 7.17. The lowest BCUT2D eigenvalue weighted by molar-refractivity contribution is 0.0951. The lowest BCUT2D eigenvalue weighted by Crippen LogP contribution is -2.27. The Morgan fingerprint density at radius 1 is 0.979 bits per heavy atom. The topological polar surface area (TPSA) is 122 Å². The molecule has 12 heteroatoms. The van der Waals surface area contributed by atoms with E-state index in [0.717, 1.165) is 72.9 Å².